The number of carbonyl (C=O) groups excluding carboxylic acids is 1. The van der Waals surface area contributed by atoms with E-state index in [4.69, 9.17) is 4.74 Å². The molecule has 0 bridgehead atoms. The van der Waals surface area contributed by atoms with E-state index in [1.54, 1.807) is 13.2 Å². The van der Waals surface area contributed by atoms with Crippen LogP contribution in [-0.4, -0.2) is 25.3 Å². The number of nitrogens with zero attached hydrogens (tertiary/aromatic N) is 1. The van der Waals surface area contributed by atoms with Gasteiger partial charge in [-0.2, -0.15) is 0 Å². The minimum absolute atomic E-state index is 0.0929. The molecule has 1 amide bonds. The molecule has 0 N–H and O–H groups in total. The monoisotopic (exact) mass is 331 g/mol. The molecule has 0 aliphatic carbocycles. The van der Waals surface area contributed by atoms with Crippen LogP contribution in [0.3, 0.4) is 0 Å². The average molecular weight is 331 g/mol. The van der Waals surface area contributed by atoms with Crippen molar-refractivity contribution in [1.29, 1.82) is 0 Å². The SMILES string of the molecule is COc1ccc(F)cc1CSCC(=O)N1CCc2ccccc21. The van der Waals surface area contributed by atoms with Crippen LogP contribution in [0.1, 0.15) is 11.1 Å². The molecule has 3 rings (SSSR count). The van der Waals surface area contributed by atoms with Crippen molar-refractivity contribution in [3.8, 4) is 5.75 Å². The third-order valence-corrected chi connectivity index (χ3v) is 4.88. The second kappa shape index (κ2) is 7.04. The van der Waals surface area contributed by atoms with Crippen LogP contribution in [0, 0.1) is 5.82 Å². The molecule has 2 aromatic carbocycles. The zero-order valence-corrected chi connectivity index (χ0v) is 13.7. The van der Waals surface area contributed by atoms with Crippen LogP contribution < -0.4 is 9.64 Å². The van der Waals surface area contributed by atoms with E-state index in [1.807, 2.05) is 23.1 Å². The number of benzene rings is 2. The molecular weight excluding hydrogens is 313 g/mol. The number of hydrogen-bond acceptors (Lipinski definition) is 3. The lowest BCUT2D eigenvalue weighted by atomic mass is 10.2. The van der Waals surface area contributed by atoms with Crippen LogP contribution in [-0.2, 0) is 17.0 Å². The van der Waals surface area contributed by atoms with Gasteiger partial charge in [-0.05, 0) is 36.2 Å². The maximum absolute atomic E-state index is 13.3. The van der Waals surface area contributed by atoms with Gasteiger partial charge in [0.1, 0.15) is 11.6 Å². The number of rotatable bonds is 5. The van der Waals surface area contributed by atoms with E-state index in [-0.39, 0.29) is 11.7 Å². The number of amides is 1. The Labute approximate surface area is 139 Å². The van der Waals surface area contributed by atoms with Crippen molar-refractivity contribution >= 4 is 23.4 Å². The number of fused-ring (bicyclic) bond motifs is 1. The lowest BCUT2D eigenvalue weighted by Gasteiger charge is -2.17. The largest absolute Gasteiger partial charge is 0.496 e. The molecule has 0 saturated carbocycles. The Balaban J connectivity index is 1.60. The van der Waals surface area contributed by atoms with Crippen LogP contribution in [0.4, 0.5) is 10.1 Å². The van der Waals surface area contributed by atoms with Crippen molar-refractivity contribution < 1.29 is 13.9 Å². The quantitative estimate of drug-likeness (QED) is 0.837. The zero-order valence-electron chi connectivity index (χ0n) is 12.9. The van der Waals surface area contributed by atoms with Gasteiger partial charge in [-0.15, -0.1) is 11.8 Å². The topological polar surface area (TPSA) is 29.5 Å². The minimum atomic E-state index is -0.291. The predicted octanol–water partition coefficient (Wildman–Crippen LogP) is 3.66. The molecule has 1 aliphatic rings. The van der Waals surface area contributed by atoms with Crippen LogP contribution in [0.5, 0.6) is 5.75 Å². The van der Waals surface area contributed by atoms with Gasteiger partial charge >= 0.3 is 0 Å². The van der Waals surface area contributed by atoms with E-state index < -0.39 is 0 Å². The first kappa shape index (κ1) is 15.9. The second-order valence-corrected chi connectivity index (χ2v) is 6.36. The summed E-state index contributed by atoms with van der Waals surface area (Å²) in [6.07, 6.45) is 0.907. The van der Waals surface area contributed by atoms with Gasteiger partial charge in [0, 0.05) is 23.5 Å². The Hall–Kier alpha value is -2.01. The number of hydrogen-bond donors (Lipinski definition) is 0. The first-order chi connectivity index (χ1) is 11.2. The number of halogens is 1. The molecule has 0 spiro atoms. The van der Waals surface area contributed by atoms with Crippen molar-refractivity contribution in [2.45, 2.75) is 12.2 Å². The summed E-state index contributed by atoms with van der Waals surface area (Å²) >= 11 is 1.48. The molecule has 0 fully saturated rings. The molecule has 3 nitrogen and oxygen atoms in total. The summed E-state index contributed by atoms with van der Waals surface area (Å²) < 4.78 is 18.6. The lowest BCUT2D eigenvalue weighted by Crippen LogP contribution is -2.30. The molecule has 0 saturated heterocycles. The lowest BCUT2D eigenvalue weighted by molar-refractivity contribution is -0.116. The van der Waals surface area contributed by atoms with Gasteiger partial charge in [-0.3, -0.25) is 4.79 Å². The number of para-hydroxylation sites is 1. The molecule has 5 heteroatoms. The van der Waals surface area contributed by atoms with Gasteiger partial charge in [0.05, 0.1) is 12.9 Å². The molecule has 1 heterocycles. The number of methoxy groups -OCH3 is 1. The highest BCUT2D eigenvalue weighted by atomic mass is 32.2. The van der Waals surface area contributed by atoms with Crippen molar-refractivity contribution in [3.63, 3.8) is 0 Å². The highest BCUT2D eigenvalue weighted by molar-refractivity contribution is 7.99. The molecule has 23 heavy (non-hydrogen) atoms. The van der Waals surface area contributed by atoms with E-state index in [1.165, 1.54) is 29.5 Å². The Morgan fingerprint density at radius 1 is 1.30 bits per heavy atom. The van der Waals surface area contributed by atoms with Crippen molar-refractivity contribution in [2.24, 2.45) is 0 Å². The third kappa shape index (κ3) is 3.50. The van der Waals surface area contributed by atoms with E-state index in [0.717, 1.165) is 24.2 Å². The maximum Gasteiger partial charge on any atom is 0.237 e. The molecule has 0 atom stereocenters. The van der Waals surface area contributed by atoms with Gasteiger partial charge < -0.3 is 9.64 Å². The highest BCUT2D eigenvalue weighted by Gasteiger charge is 2.23. The maximum atomic E-state index is 13.3. The Bertz CT molecular complexity index is 720. The number of anilines is 1. The van der Waals surface area contributed by atoms with E-state index in [0.29, 0.717) is 17.3 Å². The molecular formula is C18H18FNO2S. The Kier molecular flexibility index (Phi) is 4.86. The molecule has 0 aromatic heterocycles. The summed E-state index contributed by atoms with van der Waals surface area (Å²) in [5.41, 5.74) is 3.01. The van der Waals surface area contributed by atoms with Crippen molar-refractivity contribution in [2.75, 3.05) is 24.3 Å². The summed E-state index contributed by atoms with van der Waals surface area (Å²) in [5.74, 6) is 1.37. The van der Waals surface area contributed by atoms with Crippen LogP contribution >= 0.6 is 11.8 Å². The fraction of sp³-hybridized carbons (Fsp3) is 0.278. The minimum Gasteiger partial charge on any atom is -0.496 e. The standard InChI is InChI=1S/C18H18FNO2S/c1-22-17-7-6-15(19)10-14(17)11-23-12-18(21)20-9-8-13-4-2-3-5-16(13)20/h2-7,10H,8-9,11-12H2,1H3. The molecule has 0 radical (unpaired) electrons. The van der Waals surface area contributed by atoms with Gasteiger partial charge in [-0.1, -0.05) is 18.2 Å². The number of thioether (sulfide) groups is 1. The molecule has 1 aliphatic heterocycles. The Morgan fingerprint density at radius 3 is 2.96 bits per heavy atom. The third-order valence-electron chi connectivity index (χ3n) is 3.91. The molecule has 0 unspecified atom stereocenters. The van der Waals surface area contributed by atoms with Gasteiger partial charge in [0.25, 0.3) is 0 Å². The number of ether oxygens (including phenoxy) is 1. The van der Waals surface area contributed by atoms with Crippen molar-refractivity contribution in [3.05, 3.63) is 59.4 Å². The summed E-state index contributed by atoms with van der Waals surface area (Å²) in [6, 6.07) is 12.4. The fourth-order valence-electron chi connectivity index (χ4n) is 2.78. The van der Waals surface area contributed by atoms with Crippen LogP contribution in [0.25, 0.3) is 0 Å². The van der Waals surface area contributed by atoms with Crippen molar-refractivity contribution in [1.82, 2.24) is 0 Å². The Morgan fingerprint density at radius 2 is 2.13 bits per heavy atom. The summed E-state index contributed by atoms with van der Waals surface area (Å²) in [4.78, 5) is 14.3. The normalized spacial score (nSPS) is 13.0. The fourth-order valence-corrected chi connectivity index (χ4v) is 3.66. The van der Waals surface area contributed by atoms with Crippen LogP contribution in [0.15, 0.2) is 42.5 Å². The average Bonchev–Trinajstić information content (AvgIpc) is 2.99. The van der Waals surface area contributed by atoms with Gasteiger partial charge in [-0.25, -0.2) is 4.39 Å². The van der Waals surface area contributed by atoms with E-state index in [9.17, 15) is 9.18 Å². The van der Waals surface area contributed by atoms with Crippen LogP contribution in [0.2, 0.25) is 0 Å². The number of carbonyl (C=O) groups is 1. The van der Waals surface area contributed by atoms with Gasteiger partial charge in [0.15, 0.2) is 0 Å². The first-order valence-corrected chi connectivity index (χ1v) is 8.63. The summed E-state index contributed by atoms with van der Waals surface area (Å²) in [7, 11) is 1.56. The smallest absolute Gasteiger partial charge is 0.237 e. The first-order valence-electron chi connectivity index (χ1n) is 7.47. The zero-order chi connectivity index (χ0) is 16.2. The van der Waals surface area contributed by atoms with E-state index in [2.05, 4.69) is 6.07 Å². The predicted molar refractivity (Wildman–Crippen MR) is 91.6 cm³/mol. The summed E-state index contributed by atoms with van der Waals surface area (Å²) in [5, 5.41) is 0. The van der Waals surface area contributed by atoms with E-state index >= 15 is 0 Å². The van der Waals surface area contributed by atoms with Gasteiger partial charge in [0.2, 0.25) is 5.91 Å². The molecule has 120 valence electrons. The second-order valence-electron chi connectivity index (χ2n) is 5.37. The highest BCUT2D eigenvalue weighted by Crippen LogP contribution is 2.29. The molecule has 2 aromatic rings. The summed E-state index contributed by atoms with van der Waals surface area (Å²) in [6.45, 7) is 0.738.